The van der Waals surface area contributed by atoms with Gasteiger partial charge in [-0.3, -0.25) is 14.4 Å². The van der Waals surface area contributed by atoms with Gasteiger partial charge in [-0.25, -0.2) is 0 Å². The Morgan fingerprint density at radius 2 is 1.97 bits per heavy atom. The zero-order valence-electron chi connectivity index (χ0n) is 16.7. The van der Waals surface area contributed by atoms with Crippen LogP contribution in [0, 0.1) is 5.92 Å². The van der Waals surface area contributed by atoms with Gasteiger partial charge in [0.05, 0.1) is 5.92 Å². The zero-order chi connectivity index (χ0) is 20.9. The molecule has 30 heavy (non-hydrogen) atoms. The summed E-state index contributed by atoms with van der Waals surface area (Å²) in [6, 6.07) is 11.7. The summed E-state index contributed by atoms with van der Waals surface area (Å²) in [7, 11) is 0. The van der Waals surface area contributed by atoms with Crippen LogP contribution < -0.4 is 10.1 Å². The van der Waals surface area contributed by atoms with E-state index in [-0.39, 0.29) is 36.7 Å². The van der Waals surface area contributed by atoms with Crippen LogP contribution in [0.4, 0.5) is 0 Å². The number of ether oxygens (including phenoxy) is 1. The number of benzene rings is 1. The number of carbonyl (C=O) groups excluding carboxylic acids is 3. The highest BCUT2D eigenvalue weighted by Crippen LogP contribution is 2.23. The molecule has 1 fully saturated rings. The van der Waals surface area contributed by atoms with E-state index in [2.05, 4.69) is 11.4 Å². The van der Waals surface area contributed by atoms with Crippen molar-refractivity contribution < 1.29 is 19.1 Å². The molecule has 3 amide bonds. The van der Waals surface area contributed by atoms with E-state index in [1.54, 1.807) is 21.1 Å². The molecular formula is C22H25N3O4S. The van der Waals surface area contributed by atoms with Crippen LogP contribution in [0.15, 0.2) is 41.8 Å². The second kappa shape index (κ2) is 9.30. The quantitative estimate of drug-likeness (QED) is 0.729. The Morgan fingerprint density at radius 3 is 2.80 bits per heavy atom. The molecule has 0 radical (unpaired) electrons. The summed E-state index contributed by atoms with van der Waals surface area (Å²) in [5.41, 5.74) is 0.956. The molecule has 1 unspecified atom stereocenters. The van der Waals surface area contributed by atoms with E-state index in [0.717, 1.165) is 17.7 Å². The maximum absolute atomic E-state index is 12.5. The van der Waals surface area contributed by atoms with Crippen molar-refractivity contribution in [2.24, 2.45) is 5.92 Å². The molecule has 2 aromatic rings. The summed E-state index contributed by atoms with van der Waals surface area (Å²) >= 11 is 1.68. The van der Waals surface area contributed by atoms with Crippen molar-refractivity contribution in [2.75, 3.05) is 32.8 Å². The van der Waals surface area contributed by atoms with Gasteiger partial charge in [-0.2, -0.15) is 0 Å². The van der Waals surface area contributed by atoms with E-state index in [0.29, 0.717) is 32.7 Å². The van der Waals surface area contributed by atoms with Crippen molar-refractivity contribution in [3.63, 3.8) is 0 Å². The van der Waals surface area contributed by atoms with Gasteiger partial charge < -0.3 is 19.9 Å². The molecule has 0 aliphatic carbocycles. The van der Waals surface area contributed by atoms with Gasteiger partial charge in [0.1, 0.15) is 5.75 Å². The summed E-state index contributed by atoms with van der Waals surface area (Å²) in [6.45, 7) is 2.33. The molecule has 3 heterocycles. The Hall–Kier alpha value is -2.87. The predicted molar refractivity (Wildman–Crippen MR) is 113 cm³/mol. The van der Waals surface area contributed by atoms with Gasteiger partial charge in [-0.1, -0.05) is 24.3 Å². The lowest BCUT2D eigenvalue weighted by Gasteiger charge is -2.21. The van der Waals surface area contributed by atoms with Gasteiger partial charge in [0.15, 0.2) is 6.61 Å². The summed E-state index contributed by atoms with van der Waals surface area (Å²) in [6.07, 6.45) is 1.07. The minimum absolute atomic E-state index is 0.00128. The fourth-order valence-electron chi connectivity index (χ4n) is 3.83. The van der Waals surface area contributed by atoms with Gasteiger partial charge in [0.2, 0.25) is 11.8 Å². The third kappa shape index (κ3) is 4.81. The minimum atomic E-state index is -0.329. The second-order valence-electron chi connectivity index (χ2n) is 7.57. The first-order chi connectivity index (χ1) is 14.6. The van der Waals surface area contributed by atoms with Gasteiger partial charge in [-0.05, 0) is 23.9 Å². The third-order valence-corrected chi connectivity index (χ3v) is 6.45. The van der Waals surface area contributed by atoms with Crippen LogP contribution in [0.2, 0.25) is 0 Å². The first-order valence-electron chi connectivity index (χ1n) is 10.2. The standard InChI is InChI=1S/C22H25N3O4S/c26-20-12-17(14-24(20)9-7-18-5-3-11-30-18)22(28)23-8-10-25-13-16-4-1-2-6-19(16)29-15-21(25)27/h1-6,11,17H,7-10,12-15H2,(H,23,28). The highest BCUT2D eigenvalue weighted by molar-refractivity contribution is 7.09. The van der Waals surface area contributed by atoms with Crippen LogP contribution in [0.5, 0.6) is 5.75 Å². The summed E-state index contributed by atoms with van der Waals surface area (Å²) < 4.78 is 5.55. The molecule has 0 saturated carbocycles. The lowest BCUT2D eigenvalue weighted by molar-refractivity contribution is -0.133. The highest BCUT2D eigenvalue weighted by Gasteiger charge is 2.34. The molecule has 0 bridgehead atoms. The highest BCUT2D eigenvalue weighted by atomic mass is 32.1. The molecule has 7 nitrogen and oxygen atoms in total. The topological polar surface area (TPSA) is 79.0 Å². The fourth-order valence-corrected chi connectivity index (χ4v) is 4.52. The second-order valence-corrected chi connectivity index (χ2v) is 8.61. The van der Waals surface area contributed by atoms with Gasteiger partial charge in [0, 0.05) is 49.6 Å². The van der Waals surface area contributed by atoms with Gasteiger partial charge in [-0.15, -0.1) is 11.3 Å². The largest absolute Gasteiger partial charge is 0.483 e. The van der Waals surface area contributed by atoms with Crippen LogP contribution in [0.3, 0.4) is 0 Å². The van der Waals surface area contributed by atoms with Crippen molar-refractivity contribution in [1.29, 1.82) is 0 Å². The maximum Gasteiger partial charge on any atom is 0.260 e. The third-order valence-electron chi connectivity index (χ3n) is 5.51. The molecule has 8 heteroatoms. The van der Waals surface area contributed by atoms with Crippen molar-refractivity contribution in [3.05, 3.63) is 52.2 Å². The molecule has 1 aromatic heterocycles. The number of rotatable bonds is 7. The molecular weight excluding hydrogens is 402 g/mol. The molecule has 158 valence electrons. The zero-order valence-corrected chi connectivity index (χ0v) is 17.5. The average Bonchev–Trinajstić information content (AvgIpc) is 3.36. The van der Waals surface area contributed by atoms with E-state index in [4.69, 9.17) is 4.74 Å². The molecule has 2 aliphatic heterocycles. The number of fused-ring (bicyclic) bond motifs is 1. The van der Waals surface area contributed by atoms with E-state index in [1.807, 2.05) is 35.7 Å². The number of hydrogen-bond donors (Lipinski definition) is 1. The molecule has 1 aromatic carbocycles. The number of thiophene rings is 1. The smallest absolute Gasteiger partial charge is 0.260 e. The van der Waals surface area contributed by atoms with Crippen molar-refractivity contribution in [3.8, 4) is 5.75 Å². The Morgan fingerprint density at radius 1 is 1.10 bits per heavy atom. The maximum atomic E-state index is 12.5. The van der Waals surface area contributed by atoms with Crippen molar-refractivity contribution >= 4 is 29.1 Å². The lowest BCUT2D eigenvalue weighted by atomic mass is 10.1. The Kier molecular flexibility index (Phi) is 6.32. The lowest BCUT2D eigenvalue weighted by Crippen LogP contribution is -2.41. The molecule has 1 saturated heterocycles. The molecule has 0 spiro atoms. The van der Waals surface area contributed by atoms with Crippen LogP contribution in [0.1, 0.15) is 16.9 Å². The van der Waals surface area contributed by atoms with E-state index in [1.165, 1.54) is 4.88 Å². The number of carbonyl (C=O) groups is 3. The molecule has 2 aliphatic rings. The van der Waals surface area contributed by atoms with E-state index < -0.39 is 0 Å². The molecule has 1 N–H and O–H groups in total. The monoisotopic (exact) mass is 427 g/mol. The number of para-hydroxylation sites is 1. The van der Waals surface area contributed by atoms with Crippen molar-refractivity contribution in [1.82, 2.24) is 15.1 Å². The first-order valence-corrected chi connectivity index (χ1v) is 11.0. The minimum Gasteiger partial charge on any atom is -0.483 e. The summed E-state index contributed by atoms with van der Waals surface area (Å²) in [5.74, 6) is 0.203. The van der Waals surface area contributed by atoms with Crippen LogP contribution in [0.25, 0.3) is 0 Å². The van der Waals surface area contributed by atoms with Crippen LogP contribution >= 0.6 is 11.3 Å². The number of nitrogens with one attached hydrogen (secondary N) is 1. The normalized spacial score (nSPS) is 18.7. The van der Waals surface area contributed by atoms with Crippen LogP contribution in [-0.2, 0) is 27.3 Å². The number of amides is 3. The summed E-state index contributed by atoms with van der Waals surface area (Å²) in [4.78, 5) is 41.8. The Balaban J connectivity index is 1.24. The van der Waals surface area contributed by atoms with E-state index >= 15 is 0 Å². The number of likely N-dealkylation sites (tertiary alicyclic amines) is 1. The molecule has 1 atom stereocenters. The van der Waals surface area contributed by atoms with Crippen LogP contribution in [-0.4, -0.2) is 60.3 Å². The van der Waals surface area contributed by atoms with Gasteiger partial charge >= 0.3 is 0 Å². The SMILES string of the molecule is O=C(NCCN1Cc2ccccc2OCC1=O)C1CC(=O)N(CCc2cccs2)C1. The predicted octanol–water partition coefficient (Wildman–Crippen LogP) is 1.68. The Bertz CT molecular complexity index is 915. The molecule has 4 rings (SSSR count). The first kappa shape index (κ1) is 20.4. The summed E-state index contributed by atoms with van der Waals surface area (Å²) in [5, 5.41) is 4.92. The average molecular weight is 428 g/mol. The van der Waals surface area contributed by atoms with Crippen molar-refractivity contribution in [2.45, 2.75) is 19.4 Å². The Labute approximate surface area is 179 Å². The fraction of sp³-hybridized carbons (Fsp3) is 0.409. The number of nitrogens with zero attached hydrogens (tertiary/aromatic N) is 2. The number of hydrogen-bond acceptors (Lipinski definition) is 5. The van der Waals surface area contributed by atoms with E-state index in [9.17, 15) is 14.4 Å². The van der Waals surface area contributed by atoms with Gasteiger partial charge in [0.25, 0.3) is 5.91 Å².